The fraction of sp³-hybridized carbons (Fsp3) is 0.538. The van der Waals surface area contributed by atoms with Crippen molar-refractivity contribution in [2.45, 2.75) is 32.9 Å². The van der Waals surface area contributed by atoms with E-state index in [1.54, 1.807) is 19.9 Å². The summed E-state index contributed by atoms with van der Waals surface area (Å²) in [6.07, 6.45) is 0. The molecule has 0 saturated heterocycles. The van der Waals surface area contributed by atoms with Crippen LogP contribution in [0.2, 0.25) is 0 Å². The Morgan fingerprint density at radius 1 is 1.41 bits per heavy atom. The number of nitrogens with one attached hydrogen (secondary N) is 1. The number of halogens is 1. The molecule has 0 aromatic heterocycles. The molecule has 0 heterocycles. The van der Waals surface area contributed by atoms with Crippen LogP contribution in [0.25, 0.3) is 0 Å². The molecule has 0 aliphatic heterocycles. The molecule has 1 aromatic carbocycles. The van der Waals surface area contributed by atoms with E-state index in [0.717, 1.165) is 12.1 Å². The van der Waals surface area contributed by atoms with E-state index in [0.29, 0.717) is 12.3 Å². The molecule has 17 heavy (non-hydrogen) atoms. The predicted octanol–water partition coefficient (Wildman–Crippen LogP) is 2.08. The van der Waals surface area contributed by atoms with Gasteiger partial charge in [0.1, 0.15) is 18.2 Å². The van der Waals surface area contributed by atoms with Gasteiger partial charge < -0.3 is 15.2 Å². The van der Waals surface area contributed by atoms with Gasteiger partial charge in [-0.1, -0.05) is 6.92 Å². The van der Waals surface area contributed by atoms with Crippen LogP contribution in [-0.2, 0) is 6.54 Å². The summed E-state index contributed by atoms with van der Waals surface area (Å²) in [5.74, 6) is 0.322. The molecule has 0 aliphatic carbocycles. The molecule has 1 rings (SSSR count). The molecular weight excluding hydrogens is 221 g/mol. The van der Waals surface area contributed by atoms with Gasteiger partial charge in [0.2, 0.25) is 0 Å². The van der Waals surface area contributed by atoms with Crippen LogP contribution in [0, 0.1) is 5.82 Å². The molecule has 0 atom stereocenters. The zero-order valence-corrected chi connectivity index (χ0v) is 10.6. The molecule has 0 aliphatic rings. The van der Waals surface area contributed by atoms with Crippen LogP contribution in [0.3, 0.4) is 0 Å². The van der Waals surface area contributed by atoms with Crippen LogP contribution in [-0.4, -0.2) is 23.9 Å². The summed E-state index contributed by atoms with van der Waals surface area (Å²) in [4.78, 5) is 0. The highest BCUT2D eigenvalue weighted by Gasteiger charge is 2.14. The number of hydrogen-bond donors (Lipinski definition) is 2. The van der Waals surface area contributed by atoms with E-state index in [1.807, 2.05) is 6.92 Å². The zero-order chi connectivity index (χ0) is 12.9. The Hall–Kier alpha value is -1.13. The van der Waals surface area contributed by atoms with Crippen LogP contribution < -0.4 is 10.1 Å². The van der Waals surface area contributed by atoms with Crippen molar-refractivity contribution < 1.29 is 14.2 Å². The lowest BCUT2D eigenvalue weighted by Gasteiger charge is -2.19. The molecule has 0 unspecified atom stereocenters. The summed E-state index contributed by atoms with van der Waals surface area (Å²) in [7, 11) is 0. The Balaban J connectivity index is 2.75. The highest BCUT2D eigenvalue weighted by Crippen LogP contribution is 2.20. The Morgan fingerprint density at radius 2 is 2.12 bits per heavy atom. The van der Waals surface area contributed by atoms with E-state index >= 15 is 0 Å². The molecule has 0 spiro atoms. The highest BCUT2D eigenvalue weighted by molar-refractivity contribution is 5.34. The monoisotopic (exact) mass is 241 g/mol. The van der Waals surface area contributed by atoms with Gasteiger partial charge in [0, 0.05) is 12.1 Å². The Labute approximate surface area is 102 Å². The van der Waals surface area contributed by atoms with Crippen molar-refractivity contribution in [2.24, 2.45) is 0 Å². The third kappa shape index (κ3) is 5.15. The molecule has 0 bridgehead atoms. The van der Waals surface area contributed by atoms with E-state index in [2.05, 4.69) is 5.32 Å². The summed E-state index contributed by atoms with van der Waals surface area (Å²) in [6, 6.07) is 4.39. The molecule has 4 heteroatoms. The molecule has 0 radical (unpaired) electrons. The average Bonchev–Trinajstić information content (AvgIpc) is 2.23. The van der Waals surface area contributed by atoms with Gasteiger partial charge in [0.15, 0.2) is 0 Å². The molecule has 0 amide bonds. The second-order valence-electron chi connectivity index (χ2n) is 4.63. The van der Waals surface area contributed by atoms with Crippen LogP contribution in [0.4, 0.5) is 4.39 Å². The van der Waals surface area contributed by atoms with Crippen molar-refractivity contribution in [3.63, 3.8) is 0 Å². The number of hydrogen-bond acceptors (Lipinski definition) is 3. The minimum absolute atomic E-state index is 0.178. The molecule has 0 saturated carbocycles. The number of ether oxygens (including phenoxy) is 1. The predicted molar refractivity (Wildman–Crippen MR) is 65.6 cm³/mol. The fourth-order valence-corrected chi connectivity index (χ4v) is 1.34. The summed E-state index contributed by atoms with van der Waals surface area (Å²) in [5.41, 5.74) is -0.139. The highest BCUT2D eigenvalue weighted by atomic mass is 19.1. The molecule has 2 N–H and O–H groups in total. The first-order chi connectivity index (χ1) is 7.92. The van der Waals surface area contributed by atoms with Crippen molar-refractivity contribution in [1.82, 2.24) is 5.32 Å². The van der Waals surface area contributed by atoms with Crippen LogP contribution in [0.5, 0.6) is 5.75 Å². The maximum atomic E-state index is 13.1. The van der Waals surface area contributed by atoms with E-state index in [4.69, 9.17) is 4.74 Å². The van der Waals surface area contributed by atoms with E-state index < -0.39 is 5.60 Å². The molecule has 1 aromatic rings. The zero-order valence-electron chi connectivity index (χ0n) is 10.6. The average molecular weight is 241 g/mol. The summed E-state index contributed by atoms with van der Waals surface area (Å²) in [5, 5.41) is 12.7. The summed E-state index contributed by atoms with van der Waals surface area (Å²) >= 11 is 0. The first kappa shape index (κ1) is 13.9. The van der Waals surface area contributed by atoms with Gasteiger partial charge in [0.25, 0.3) is 0 Å². The minimum atomic E-state index is -0.899. The van der Waals surface area contributed by atoms with Gasteiger partial charge in [-0.15, -0.1) is 0 Å². The second kappa shape index (κ2) is 5.98. The molecular formula is C13H20FNO2. The number of benzene rings is 1. The van der Waals surface area contributed by atoms with Gasteiger partial charge in [-0.05, 0) is 38.6 Å². The van der Waals surface area contributed by atoms with E-state index in [-0.39, 0.29) is 12.4 Å². The third-order valence-electron chi connectivity index (χ3n) is 2.17. The van der Waals surface area contributed by atoms with E-state index in [9.17, 15) is 9.50 Å². The minimum Gasteiger partial charge on any atom is -0.490 e. The smallest absolute Gasteiger partial charge is 0.124 e. The van der Waals surface area contributed by atoms with Crippen molar-refractivity contribution in [3.05, 3.63) is 29.6 Å². The maximum Gasteiger partial charge on any atom is 0.124 e. The molecule has 0 fully saturated rings. The van der Waals surface area contributed by atoms with Crippen molar-refractivity contribution in [3.8, 4) is 5.75 Å². The first-order valence-corrected chi connectivity index (χ1v) is 5.76. The third-order valence-corrected chi connectivity index (χ3v) is 2.17. The van der Waals surface area contributed by atoms with Gasteiger partial charge in [-0.2, -0.15) is 0 Å². The standard InChI is InChI=1S/C13H20FNO2/c1-4-15-8-10-7-11(14)5-6-12(10)17-9-13(2,3)16/h5-7,15-16H,4,8-9H2,1-3H3. The lowest BCUT2D eigenvalue weighted by Crippen LogP contribution is -2.28. The van der Waals surface area contributed by atoms with Gasteiger partial charge in [-0.3, -0.25) is 0 Å². The molecule has 96 valence electrons. The summed E-state index contributed by atoms with van der Waals surface area (Å²) in [6.45, 7) is 6.85. The van der Waals surface area contributed by atoms with Crippen LogP contribution in [0.15, 0.2) is 18.2 Å². The van der Waals surface area contributed by atoms with Crippen molar-refractivity contribution >= 4 is 0 Å². The van der Waals surface area contributed by atoms with Crippen LogP contribution in [0.1, 0.15) is 26.3 Å². The SMILES string of the molecule is CCNCc1cc(F)ccc1OCC(C)(C)O. The summed E-state index contributed by atoms with van der Waals surface area (Å²) < 4.78 is 18.6. The van der Waals surface area contributed by atoms with Crippen LogP contribution >= 0.6 is 0 Å². The van der Waals surface area contributed by atoms with Crippen molar-refractivity contribution in [2.75, 3.05) is 13.2 Å². The second-order valence-corrected chi connectivity index (χ2v) is 4.63. The van der Waals surface area contributed by atoms with Gasteiger partial charge in [-0.25, -0.2) is 4.39 Å². The Kier molecular flexibility index (Phi) is 4.90. The largest absolute Gasteiger partial charge is 0.490 e. The normalized spacial score (nSPS) is 11.6. The molecule has 3 nitrogen and oxygen atoms in total. The van der Waals surface area contributed by atoms with Gasteiger partial charge >= 0.3 is 0 Å². The van der Waals surface area contributed by atoms with E-state index in [1.165, 1.54) is 12.1 Å². The quantitative estimate of drug-likeness (QED) is 0.801. The number of rotatable bonds is 6. The van der Waals surface area contributed by atoms with Gasteiger partial charge in [0.05, 0.1) is 5.60 Å². The lowest BCUT2D eigenvalue weighted by molar-refractivity contribution is 0.0281. The lowest BCUT2D eigenvalue weighted by atomic mass is 10.1. The maximum absolute atomic E-state index is 13.1. The number of aliphatic hydroxyl groups is 1. The first-order valence-electron chi connectivity index (χ1n) is 5.76. The Morgan fingerprint density at radius 3 is 2.71 bits per heavy atom. The Bertz CT molecular complexity index is 361. The topological polar surface area (TPSA) is 41.5 Å². The fourth-order valence-electron chi connectivity index (χ4n) is 1.34. The van der Waals surface area contributed by atoms with Crippen molar-refractivity contribution in [1.29, 1.82) is 0 Å².